The Kier molecular flexibility index (Phi) is 7.18. The quantitative estimate of drug-likeness (QED) is 0.483. The van der Waals surface area contributed by atoms with Gasteiger partial charge in [0.1, 0.15) is 5.82 Å². The van der Waals surface area contributed by atoms with E-state index in [-0.39, 0.29) is 23.2 Å². The third-order valence-electron chi connectivity index (χ3n) is 6.21. The van der Waals surface area contributed by atoms with E-state index < -0.39 is 0 Å². The van der Waals surface area contributed by atoms with Gasteiger partial charge in [-0.25, -0.2) is 4.39 Å². The maximum Gasteiger partial charge on any atom is 0.223 e. The van der Waals surface area contributed by atoms with Crippen LogP contribution >= 0.6 is 31.9 Å². The van der Waals surface area contributed by atoms with Gasteiger partial charge in [0, 0.05) is 27.8 Å². The SMILES string of the molecule is CC(c1cc(Br)cc(Br)c1)N(C)C(=O)CC1(c2cccc(F)c2)CCN(C)CC1. The van der Waals surface area contributed by atoms with Gasteiger partial charge >= 0.3 is 0 Å². The van der Waals surface area contributed by atoms with Gasteiger partial charge in [-0.2, -0.15) is 0 Å². The van der Waals surface area contributed by atoms with Crippen molar-refractivity contribution in [3.63, 3.8) is 0 Å². The van der Waals surface area contributed by atoms with Crippen molar-refractivity contribution in [3.05, 3.63) is 68.4 Å². The molecule has 1 fully saturated rings. The largest absolute Gasteiger partial charge is 0.339 e. The van der Waals surface area contributed by atoms with Gasteiger partial charge in [0.05, 0.1) is 6.04 Å². The van der Waals surface area contributed by atoms with E-state index in [0.717, 1.165) is 46.0 Å². The third kappa shape index (κ3) is 5.28. The highest BCUT2D eigenvalue weighted by atomic mass is 79.9. The lowest BCUT2D eigenvalue weighted by atomic mass is 9.70. The molecular weight excluding hydrogens is 499 g/mol. The fourth-order valence-electron chi connectivity index (χ4n) is 4.10. The highest BCUT2D eigenvalue weighted by Gasteiger charge is 2.39. The number of hydrogen-bond acceptors (Lipinski definition) is 2. The molecule has 0 spiro atoms. The molecule has 0 N–H and O–H groups in total. The number of rotatable bonds is 5. The second kappa shape index (κ2) is 9.27. The van der Waals surface area contributed by atoms with Gasteiger partial charge in [0.15, 0.2) is 0 Å². The Morgan fingerprint density at radius 2 is 1.79 bits per heavy atom. The Balaban J connectivity index is 1.84. The van der Waals surface area contributed by atoms with E-state index in [1.54, 1.807) is 12.1 Å². The van der Waals surface area contributed by atoms with Crippen LogP contribution in [-0.2, 0) is 10.2 Å². The molecule has 0 aromatic heterocycles. The molecule has 6 heteroatoms. The van der Waals surface area contributed by atoms with Crippen molar-refractivity contribution in [1.82, 2.24) is 9.80 Å². The van der Waals surface area contributed by atoms with Crippen molar-refractivity contribution in [2.75, 3.05) is 27.2 Å². The second-order valence-corrected chi connectivity index (χ2v) is 9.99. The first kappa shape index (κ1) is 22.4. The van der Waals surface area contributed by atoms with Gasteiger partial charge in [0.2, 0.25) is 5.91 Å². The zero-order valence-electron chi connectivity index (χ0n) is 17.1. The molecule has 0 saturated carbocycles. The molecule has 2 aromatic rings. The number of hydrogen-bond donors (Lipinski definition) is 0. The van der Waals surface area contributed by atoms with Crippen molar-refractivity contribution in [2.45, 2.75) is 37.6 Å². The molecule has 29 heavy (non-hydrogen) atoms. The summed E-state index contributed by atoms with van der Waals surface area (Å²) in [7, 11) is 3.95. The Labute approximate surface area is 189 Å². The van der Waals surface area contributed by atoms with Crippen LogP contribution in [0.2, 0.25) is 0 Å². The van der Waals surface area contributed by atoms with Crippen LogP contribution in [0.15, 0.2) is 51.4 Å². The number of halogens is 3. The normalized spacial score (nSPS) is 17.7. The third-order valence-corrected chi connectivity index (χ3v) is 7.13. The van der Waals surface area contributed by atoms with E-state index >= 15 is 0 Å². The van der Waals surface area contributed by atoms with E-state index in [2.05, 4.69) is 43.8 Å². The molecule has 1 unspecified atom stereocenters. The molecule has 3 rings (SSSR count). The molecule has 0 bridgehead atoms. The lowest BCUT2D eigenvalue weighted by molar-refractivity contribution is -0.133. The van der Waals surface area contributed by atoms with Crippen LogP contribution in [0.1, 0.15) is 43.4 Å². The van der Waals surface area contributed by atoms with Crippen LogP contribution in [0, 0.1) is 5.82 Å². The number of likely N-dealkylation sites (tertiary alicyclic amines) is 1. The zero-order valence-corrected chi connectivity index (χ0v) is 20.3. The summed E-state index contributed by atoms with van der Waals surface area (Å²) in [4.78, 5) is 17.4. The zero-order chi connectivity index (χ0) is 21.2. The summed E-state index contributed by atoms with van der Waals surface area (Å²) >= 11 is 7.05. The van der Waals surface area contributed by atoms with E-state index in [4.69, 9.17) is 0 Å². The van der Waals surface area contributed by atoms with Gasteiger partial charge in [0.25, 0.3) is 0 Å². The Hall–Kier alpha value is -1.24. The summed E-state index contributed by atoms with van der Waals surface area (Å²) in [6, 6.07) is 12.8. The van der Waals surface area contributed by atoms with Crippen LogP contribution in [0.5, 0.6) is 0 Å². The van der Waals surface area contributed by atoms with Crippen molar-refractivity contribution < 1.29 is 9.18 Å². The van der Waals surface area contributed by atoms with Gasteiger partial charge in [-0.1, -0.05) is 44.0 Å². The van der Waals surface area contributed by atoms with Crippen molar-refractivity contribution in [2.24, 2.45) is 0 Å². The summed E-state index contributed by atoms with van der Waals surface area (Å²) in [6.07, 6.45) is 2.09. The molecule has 2 aromatic carbocycles. The molecule has 1 saturated heterocycles. The Bertz CT molecular complexity index is 861. The standard InChI is InChI=1S/C23H27Br2FN2O/c1-16(17-11-19(24)14-20(25)12-17)28(3)22(29)15-23(7-9-27(2)10-8-23)18-5-4-6-21(26)13-18/h4-6,11-14,16H,7-10,15H2,1-3H3. The van der Waals surface area contributed by atoms with Gasteiger partial charge < -0.3 is 9.80 Å². The van der Waals surface area contributed by atoms with Crippen LogP contribution in [0.25, 0.3) is 0 Å². The van der Waals surface area contributed by atoms with Crippen LogP contribution in [-0.4, -0.2) is 42.9 Å². The Morgan fingerprint density at radius 3 is 2.38 bits per heavy atom. The molecule has 0 aliphatic carbocycles. The van der Waals surface area contributed by atoms with Crippen LogP contribution in [0.3, 0.4) is 0 Å². The predicted octanol–water partition coefficient (Wildman–Crippen LogP) is 5.92. The summed E-state index contributed by atoms with van der Waals surface area (Å²) in [5, 5.41) is 0. The van der Waals surface area contributed by atoms with Gasteiger partial charge in [-0.15, -0.1) is 0 Å². The average molecular weight is 526 g/mol. The summed E-state index contributed by atoms with van der Waals surface area (Å²) in [5.74, 6) is -0.156. The number of benzene rings is 2. The summed E-state index contributed by atoms with van der Waals surface area (Å²) < 4.78 is 15.9. The monoisotopic (exact) mass is 524 g/mol. The van der Waals surface area contributed by atoms with Gasteiger partial charge in [-0.05, 0) is 81.4 Å². The minimum atomic E-state index is -0.322. The molecule has 3 nitrogen and oxygen atoms in total. The molecule has 1 aliphatic heterocycles. The summed E-state index contributed by atoms with van der Waals surface area (Å²) in [5.41, 5.74) is 1.67. The summed E-state index contributed by atoms with van der Waals surface area (Å²) in [6.45, 7) is 3.85. The maximum atomic E-state index is 14.0. The first-order valence-electron chi connectivity index (χ1n) is 9.86. The molecular formula is C23H27Br2FN2O. The first-order valence-corrected chi connectivity index (χ1v) is 11.4. The van der Waals surface area contributed by atoms with Crippen LogP contribution in [0.4, 0.5) is 4.39 Å². The molecule has 1 heterocycles. The molecule has 0 radical (unpaired) electrons. The minimum Gasteiger partial charge on any atom is -0.339 e. The topological polar surface area (TPSA) is 23.6 Å². The van der Waals surface area contributed by atoms with Gasteiger partial charge in [-0.3, -0.25) is 4.79 Å². The van der Waals surface area contributed by atoms with Crippen LogP contribution < -0.4 is 0 Å². The molecule has 1 amide bonds. The smallest absolute Gasteiger partial charge is 0.223 e. The number of amides is 1. The molecule has 1 aliphatic rings. The van der Waals surface area contributed by atoms with Crippen molar-refractivity contribution >= 4 is 37.8 Å². The van der Waals surface area contributed by atoms with E-state index in [1.165, 1.54) is 6.07 Å². The number of carbonyl (C=O) groups excluding carboxylic acids is 1. The second-order valence-electron chi connectivity index (χ2n) is 8.15. The first-order chi connectivity index (χ1) is 13.7. The fourth-order valence-corrected chi connectivity index (χ4v) is 5.43. The number of piperidine rings is 1. The molecule has 1 atom stereocenters. The van der Waals surface area contributed by atoms with Crippen molar-refractivity contribution in [3.8, 4) is 0 Å². The number of carbonyl (C=O) groups is 1. The van der Waals surface area contributed by atoms with E-state index in [1.807, 2.05) is 43.1 Å². The van der Waals surface area contributed by atoms with E-state index in [0.29, 0.717) is 6.42 Å². The lowest BCUT2D eigenvalue weighted by Crippen LogP contribution is -2.44. The van der Waals surface area contributed by atoms with E-state index in [9.17, 15) is 9.18 Å². The predicted molar refractivity (Wildman–Crippen MR) is 122 cm³/mol. The number of nitrogens with zero attached hydrogens (tertiary/aromatic N) is 2. The Morgan fingerprint density at radius 1 is 1.17 bits per heavy atom. The minimum absolute atomic E-state index is 0.0628. The molecule has 156 valence electrons. The lowest BCUT2D eigenvalue weighted by Gasteiger charge is -2.42. The average Bonchev–Trinajstić information content (AvgIpc) is 2.68. The fraction of sp³-hybridized carbons (Fsp3) is 0.435. The highest BCUT2D eigenvalue weighted by Crippen LogP contribution is 2.40. The highest BCUT2D eigenvalue weighted by molar-refractivity contribution is 9.11. The van der Waals surface area contributed by atoms with Crippen molar-refractivity contribution in [1.29, 1.82) is 0 Å². The maximum absolute atomic E-state index is 14.0.